The van der Waals surface area contributed by atoms with Crippen LogP contribution in [-0.4, -0.2) is 34.6 Å². The molecular formula is C18H16Cl2N4O. The maximum Gasteiger partial charge on any atom is 0.255 e. The Bertz CT molecular complexity index is 865. The smallest absolute Gasteiger partial charge is 0.255 e. The first kappa shape index (κ1) is 17.5. The molecule has 1 aromatic carbocycles. The minimum absolute atomic E-state index is 0.0968. The first-order valence-electron chi connectivity index (χ1n) is 7.70. The fourth-order valence-electron chi connectivity index (χ4n) is 2.78. The van der Waals surface area contributed by atoms with Crippen LogP contribution < -0.4 is 5.73 Å². The van der Waals surface area contributed by atoms with Crippen molar-refractivity contribution in [2.24, 2.45) is 5.73 Å². The monoisotopic (exact) mass is 374 g/mol. The summed E-state index contributed by atoms with van der Waals surface area (Å²) in [6, 6.07) is 11.0. The van der Waals surface area contributed by atoms with E-state index >= 15 is 0 Å². The summed E-state index contributed by atoms with van der Waals surface area (Å²) < 4.78 is 0. The summed E-state index contributed by atoms with van der Waals surface area (Å²) >= 11 is 12.0. The molecule has 0 fully saturated rings. The molecule has 3 N–H and O–H groups in total. The van der Waals surface area contributed by atoms with Gasteiger partial charge in [0.15, 0.2) is 0 Å². The first-order valence-corrected chi connectivity index (χ1v) is 8.45. The van der Waals surface area contributed by atoms with Gasteiger partial charge in [0.05, 0.1) is 22.8 Å². The molecule has 1 aliphatic rings. The summed E-state index contributed by atoms with van der Waals surface area (Å²) in [6.45, 7) is 0.708. The van der Waals surface area contributed by atoms with Gasteiger partial charge in [-0.2, -0.15) is 0 Å². The molecule has 7 heteroatoms. The van der Waals surface area contributed by atoms with Crippen molar-refractivity contribution in [1.82, 2.24) is 9.88 Å². The van der Waals surface area contributed by atoms with Crippen molar-refractivity contribution < 1.29 is 4.79 Å². The van der Waals surface area contributed by atoms with Crippen LogP contribution in [0.5, 0.6) is 0 Å². The standard InChI is InChI=1S/C18H16Cl2N4O/c19-15-13(6-8-23-17(15)20)18(25)24-9-7-12(14(21)10-24)16(22)11-4-2-1-3-5-11/h1-6,8,22H,7,9-10,21H2. The third kappa shape index (κ3) is 3.52. The quantitative estimate of drug-likeness (QED) is 0.636. The van der Waals surface area contributed by atoms with Crippen molar-refractivity contribution >= 4 is 34.8 Å². The van der Waals surface area contributed by atoms with Crippen LogP contribution in [0.4, 0.5) is 0 Å². The van der Waals surface area contributed by atoms with Gasteiger partial charge in [0.25, 0.3) is 5.91 Å². The van der Waals surface area contributed by atoms with E-state index in [2.05, 4.69) is 4.98 Å². The lowest BCUT2D eigenvalue weighted by molar-refractivity contribution is 0.0764. The molecular weight excluding hydrogens is 359 g/mol. The molecule has 0 spiro atoms. The second kappa shape index (κ2) is 7.25. The zero-order valence-electron chi connectivity index (χ0n) is 13.3. The average Bonchev–Trinajstić information content (AvgIpc) is 2.63. The number of nitrogens with zero attached hydrogens (tertiary/aromatic N) is 2. The molecule has 128 valence electrons. The Morgan fingerprint density at radius 2 is 1.92 bits per heavy atom. The number of carbonyl (C=O) groups excluding carboxylic acids is 1. The van der Waals surface area contributed by atoms with Gasteiger partial charge < -0.3 is 10.6 Å². The van der Waals surface area contributed by atoms with Crippen molar-refractivity contribution in [3.05, 3.63) is 75.2 Å². The Morgan fingerprint density at radius 1 is 1.20 bits per heavy atom. The normalized spacial score (nSPS) is 14.6. The Hall–Kier alpha value is -2.37. The summed E-state index contributed by atoms with van der Waals surface area (Å²) in [5.41, 5.74) is 8.97. The van der Waals surface area contributed by atoms with Crippen LogP contribution in [-0.2, 0) is 0 Å². The van der Waals surface area contributed by atoms with Gasteiger partial charge in [-0.1, -0.05) is 53.5 Å². The second-order valence-electron chi connectivity index (χ2n) is 5.68. The van der Waals surface area contributed by atoms with Crippen LogP contribution in [0, 0.1) is 5.41 Å². The predicted molar refractivity (Wildman–Crippen MR) is 99.3 cm³/mol. The van der Waals surface area contributed by atoms with E-state index in [1.165, 1.54) is 12.3 Å². The Balaban J connectivity index is 1.81. The Morgan fingerprint density at radius 3 is 2.60 bits per heavy atom. The highest BCUT2D eigenvalue weighted by atomic mass is 35.5. The van der Waals surface area contributed by atoms with Gasteiger partial charge in [-0.3, -0.25) is 10.2 Å². The van der Waals surface area contributed by atoms with Crippen LogP contribution in [0.15, 0.2) is 53.9 Å². The van der Waals surface area contributed by atoms with E-state index in [9.17, 15) is 4.79 Å². The number of pyridine rings is 1. The number of amides is 1. The van der Waals surface area contributed by atoms with E-state index in [1.807, 2.05) is 30.3 Å². The number of hydrogen-bond acceptors (Lipinski definition) is 4. The molecule has 0 atom stereocenters. The zero-order chi connectivity index (χ0) is 18.0. The molecule has 0 bridgehead atoms. The third-order valence-electron chi connectivity index (χ3n) is 4.11. The van der Waals surface area contributed by atoms with Crippen LogP contribution >= 0.6 is 23.2 Å². The molecule has 1 aliphatic heterocycles. The molecule has 0 saturated heterocycles. The van der Waals surface area contributed by atoms with E-state index < -0.39 is 0 Å². The second-order valence-corrected chi connectivity index (χ2v) is 6.42. The van der Waals surface area contributed by atoms with Crippen molar-refractivity contribution in [2.75, 3.05) is 13.1 Å². The first-order chi connectivity index (χ1) is 12.0. The van der Waals surface area contributed by atoms with Gasteiger partial charge in [0, 0.05) is 18.4 Å². The lowest BCUT2D eigenvalue weighted by Crippen LogP contribution is -2.40. The fraction of sp³-hybridized carbons (Fsp3) is 0.167. The minimum atomic E-state index is -0.248. The molecule has 0 unspecified atom stereocenters. The number of nitrogens with two attached hydrogens (primary N) is 1. The van der Waals surface area contributed by atoms with Gasteiger partial charge in [-0.15, -0.1) is 0 Å². The van der Waals surface area contributed by atoms with E-state index in [-0.39, 0.29) is 22.6 Å². The summed E-state index contributed by atoms with van der Waals surface area (Å²) in [5.74, 6) is -0.248. The largest absolute Gasteiger partial charge is 0.400 e. The van der Waals surface area contributed by atoms with Crippen LogP contribution in [0.1, 0.15) is 22.3 Å². The summed E-state index contributed by atoms with van der Waals surface area (Å²) in [7, 11) is 0. The molecule has 2 heterocycles. The lowest BCUT2D eigenvalue weighted by Gasteiger charge is -2.30. The van der Waals surface area contributed by atoms with Crippen LogP contribution in [0.3, 0.4) is 0 Å². The number of hydrogen-bond donors (Lipinski definition) is 2. The van der Waals surface area contributed by atoms with Gasteiger partial charge >= 0.3 is 0 Å². The molecule has 0 radical (unpaired) electrons. The summed E-state index contributed by atoms with van der Waals surface area (Å²) in [5, 5.41) is 8.60. The molecule has 5 nitrogen and oxygen atoms in total. The zero-order valence-corrected chi connectivity index (χ0v) is 14.8. The summed E-state index contributed by atoms with van der Waals surface area (Å²) in [6.07, 6.45) is 1.96. The highest BCUT2D eigenvalue weighted by Gasteiger charge is 2.26. The molecule has 0 saturated carbocycles. The van der Waals surface area contributed by atoms with Crippen LogP contribution in [0.25, 0.3) is 0 Å². The van der Waals surface area contributed by atoms with E-state index in [1.54, 1.807) is 4.90 Å². The van der Waals surface area contributed by atoms with Gasteiger partial charge in [-0.25, -0.2) is 4.98 Å². The lowest BCUT2D eigenvalue weighted by atomic mass is 9.95. The Labute approximate surface area is 155 Å². The predicted octanol–water partition coefficient (Wildman–Crippen LogP) is 3.52. The van der Waals surface area contributed by atoms with Crippen molar-refractivity contribution in [2.45, 2.75) is 6.42 Å². The van der Waals surface area contributed by atoms with E-state index in [0.717, 1.165) is 11.1 Å². The molecule has 0 aliphatic carbocycles. The maximum absolute atomic E-state index is 12.7. The Kier molecular flexibility index (Phi) is 5.06. The highest BCUT2D eigenvalue weighted by Crippen LogP contribution is 2.26. The fourth-order valence-corrected chi connectivity index (χ4v) is 3.13. The van der Waals surface area contributed by atoms with Crippen molar-refractivity contribution in [1.29, 1.82) is 5.41 Å². The minimum Gasteiger partial charge on any atom is -0.400 e. The molecule has 3 rings (SSSR count). The van der Waals surface area contributed by atoms with Crippen molar-refractivity contribution in [3.63, 3.8) is 0 Å². The third-order valence-corrected chi connectivity index (χ3v) is 4.87. The number of benzene rings is 1. The summed E-state index contributed by atoms with van der Waals surface area (Å²) in [4.78, 5) is 18.1. The number of carbonyl (C=O) groups is 1. The number of aromatic nitrogens is 1. The molecule has 25 heavy (non-hydrogen) atoms. The number of halogens is 2. The topological polar surface area (TPSA) is 83.1 Å². The van der Waals surface area contributed by atoms with Gasteiger partial charge in [-0.05, 0) is 23.6 Å². The molecule has 2 aromatic rings. The van der Waals surface area contributed by atoms with E-state index in [0.29, 0.717) is 29.9 Å². The van der Waals surface area contributed by atoms with E-state index in [4.69, 9.17) is 34.3 Å². The van der Waals surface area contributed by atoms with Crippen molar-refractivity contribution in [3.8, 4) is 0 Å². The van der Waals surface area contributed by atoms with Crippen LogP contribution in [0.2, 0.25) is 10.2 Å². The van der Waals surface area contributed by atoms with Gasteiger partial charge in [0.2, 0.25) is 0 Å². The highest BCUT2D eigenvalue weighted by molar-refractivity contribution is 6.43. The SMILES string of the molecule is N=C(C1=C(N)CN(C(=O)c2ccnc(Cl)c2Cl)CC1)c1ccccc1. The average molecular weight is 375 g/mol. The maximum atomic E-state index is 12.7. The molecule has 1 aromatic heterocycles. The molecule has 1 amide bonds. The van der Waals surface area contributed by atoms with Gasteiger partial charge in [0.1, 0.15) is 5.15 Å². The number of rotatable bonds is 3. The number of nitrogens with one attached hydrogen (secondary N) is 1.